The van der Waals surface area contributed by atoms with Crippen LogP contribution >= 0.6 is 11.6 Å². The highest BCUT2D eigenvalue weighted by atomic mass is 35.5. The second-order valence-electron chi connectivity index (χ2n) is 5.66. The molecular formula is C12H11ClFN3O2S. The molecule has 0 unspecified atom stereocenters. The predicted octanol–water partition coefficient (Wildman–Crippen LogP) is 2.09. The van der Waals surface area contributed by atoms with Crippen molar-refractivity contribution in [1.82, 2.24) is 4.72 Å². The number of sulfonamides is 1. The third kappa shape index (κ3) is 1.66. The normalized spacial score (nSPS) is 34.3. The zero-order valence-corrected chi connectivity index (χ0v) is 11.9. The first-order chi connectivity index (χ1) is 9.37. The summed E-state index contributed by atoms with van der Waals surface area (Å²) in [5.41, 5.74) is 0.150. The van der Waals surface area contributed by atoms with Crippen LogP contribution in [0.3, 0.4) is 0 Å². The highest BCUT2D eigenvalue weighted by molar-refractivity contribution is 7.90. The van der Waals surface area contributed by atoms with Crippen LogP contribution in [0.15, 0.2) is 22.0 Å². The molecule has 2 N–H and O–H groups in total. The van der Waals surface area contributed by atoms with E-state index in [4.69, 9.17) is 11.6 Å². The zero-order chi connectivity index (χ0) is 14.1. The molecule has 1 aromatic carbocycles. The van der Waals surface area contributed by atoms with Crippen molar-refractivity contribution >= 4 is 33.3 Å². The van der Waals surface area contributed by atoms with Gasteiger partial charge in [0.25, 0.3) is 10.0 Å². The molecule has 3 fully saturated rings. The Morgan fingerprint density at radius 1 is 1.35 bits per heavy atom. The summed E-state index contributed by atoms with van der Waals surface area (Å²) in [6.45, 7) is 0. The number of aliphatic imine (C=N–C) groups is 1. The van der Waals surface area contributed by atoms with Gasteiger partial charge < -0.3 is 5.32 Å². The topological polar surface area (TPSA) is 70.6 Å². The van der Waals surface area contributed by atoms with Gasteiger partial charge in [0.2, 0.25) is 5.96 Å². The van der Waals surface area contributed by atoms with E-state index in [1.165, 1.54) is 6.07 Å². The summed E-state index contributed by atoms with van der Waals surface area (Å²) in [6, 6.07) is 2.17. The Labute approximate surface area is 120 Å². The van der Waals surface area contributed by atoms with Gasteiger partial charge >= 0.3 is 0 Å². The van der Waals surface area contributed by atoms with Crippen molar-refractivity contribution in [1.29, 1.82) is 0 Å². The molecule has 8 heteroatoms. The average Bonchev–Trinajstić information content (AvgIpc) is 2.24. The third-order valence-corrected chi connectivity index (χ3v) is 5.82. The largest absolute Gasteiger partial charge is 0.324 e. The van der Waals surface area contributed by atoms with Gasteiger partial charge in [0.05, 0.1) is 16.2 Å². The van der Waals surface area contributed by atoms with Crippen LogP contribution in [0.5, 0.6) is 0 Å². The van der Waals surface area contributed by atoms with Crippen LogP contribution in [0, 0.1) is 11.7 Å². The fourth-order valence-electron chi connectivity index (χ4n) is 3.04. The van der Waals surface area contributed by atoms with Gasteiger partial charge in [0.1, 0.15) is 10.7 Å². The highest BCUT2D eigenvalue weighted by Gasteiger charge is 2.57. The molecule has 2 bridgehead atoms. The summed E-state index contributed by atoms with van der Waals surface area (Å²) in [6.07, 6.45) is 3.03. The molecule has 0 atom stereocenters. The van der Waals surface area contributed by atoms with E-state index in [-0.39, 0.29) is 27.1 Å². The molecule has 3 saturated carbocycles. The summed E-state index contributed by atoms with van der Waals surface area (Å²) in [5.74, 6) is 0.172. The van der Waals surface area contributed by atoms with E-state index in [1.54, 1.807) is 0 Å². The molecule has 1 aromatic rings. The maximum absolute atomic E-state index is 13.4. The van der Waals surface area contributed by atoms with E-state index in [9.17, 15) is 12.8 Å². The lowest BCUT2D eigenvalue weighted by Gasteiger charge is -2.59. The number of nitrogens with zero attached hydrogens (tertiary/aromatic N) is 1. The van der Waals surface area contributed by atoms with Crippen molar-refractivity contribution in [2.24, 2.45) is 10.9 Å². The van der Waals surface area contributed by atoms with Gasteiger partial charge in [0, 0.05) is 0 Å². The molecule has 0 saturated heterocycles. The molecule has 5 rings (SSSR count). The summed E-state index contributed by atoms with van der Waals surface area (Å²) in [4.78, 5) is 4.31. The van der Waals surface area contributed by atoms with Crippen molar-refractivity contribution in [2.45, 2.75) is 29.7 Å². The lowest BCUT2D eigenvalue weighted by atomic mass is 9.50. The van der Waals surface area contributed by atoms with Gasteiger partial charge in [-0.3, -0.25) is 0 Å². The van der Waals surface area contributed by atoms with Gasteiger partial charge in [-0.15, -0.1) is 0 Å². The van der Waals surface area contributed by atoms with E-state index in [0.717, 1.165) is 31.2 Å². The molecule has 0 radical (unpaired) electrons. The van der Waals surface area contributed by atoms with Crippen LogP contribution in [0.2, 0.25) is 5.02 Å². The van der Waals surface area contributed by atoms with Crippen LogP contribution in [0.25, 0.3) is 0 Å². The number of guanidine groups is 1. The monoisotopic (exact) mass is 315 g/mol. The number of benzene rings is 1. The molecule has 5 nitrogen and oxygen atoms in total. The smallest absolute Gasteiger partial charge is 0.266 e. The SMILES string of the molecule is O=S1(=O)NC(=NC23CC(C2)C3)Nc2cc(Cl)c(F)cc21. The minimum atomic E-state index is -3.81. The summed E-state index contributed by atoms with van der Waals surface area (Å²) in [7, 11) is -3.81. The van der Waals surface area contributed by atoms with E-state index in [0.29, 0.717) is 0 Å². The highest BCUT2D eigenvalue weighted by Crippen LogP contribution is 2.59. The maximum atomic E-state index is 13.4. The van der Waals surface area contributed by atoms with E-state index >= 15 is 0 Å². The third-order valence-electron chi connectivity index (χ3n) is 4.15. The predicted molar refractivity (Wildman–Crippen MR) is 72.9 cm³/mol. The Morgan fingerprint density at radius 3 is 2.65 bits per heavy atom. The molecule has 0 aromatic heterocycles. The first-order valence-electron chi connectivity index (χ1n) is 6.26. The summed E-state index contributed by atoms with van der Waals surface area (Å²) < 4.78 is 40.0. The summed E-state index contributed by atoms with van der Waals surface area (Å²) in [5, 5.41) is 2.75. The van der Waals surface area contributed by atoms with Crippen molar-refractivity contribution in [3.05, 3.63) is 23.0 Å². The van der Waals surface area contributed by atoms with Crippen LogP contribution in [0.1, 0.15) is 19.3 Å². The van der Waals surface area contributed by atoms with Crippen molar-refractivity contribution < 1.29 is 12.8 Å². The first-order valence-corrected chi connectivity index (χ1v) is 8.12. The van der Waals surface area contributed by atoms with E-state index in [2.05, 4.69) is 15.0 Å². The second kappa shape index (κ2) is 3.65. The van der Waals surface area contributed by atoms with E-state index in [1.807, 2.05) is 0 Å². The number of halogens is 2. The maximum Gasteiger partial charge on any atom is 0.266 e. The van der Waals surface area contributed by atoms with Crippen LogP contribution in [0.4, 0.5) is 10.1 Å². The van der Waals surface area contributed by atoms with Crippen LogP contribution < -0.4 is 10.0 Å². The number of nitrogens with one attached hydrogen (secondary N) is 2. The Hall–Kier alpha value is -1.34. The van der Waals surface area contributed by atoms with Gasteiger partial charge in [-0.25, -0.2) is 22.5 Å². The Balaban J connectivity index is 1.77. The molecule has 0 spiro atoms. The van der Waals surface area contributed by atoms with Gasteiger partial charge in [-0.1, -0.05) is 11.6 Å². The van der Waals surface area contributed by atoms with Gasteiger partial charge in [-0.05, 0) is 37.3 Å². The summed E-state index contributed by atoms with van der Waals surface area (Å²) >= 11 is 5.70. The fraction of sp³-hybridized carbons (Fsp3) is 0.417. The number of rotatable bonds is 1. The quantitative estimate of drug-likeness (QED) is 0.833. The van der Waals surface area contributed by atoms with E-state index < -0.39 is 15.8 Å². The molecule has 3 aliphatic carbocycles. The standard InChI is InChI=1S/C12H11ClFN3O2S/c13-7-1-9-10(2-8(7)14)20(18,19)17-11(15-9)16-12-3-6(4-12)5-12/h1-2,6H,3-5H2,(H2,15,16,17). The van der Waals surface area contributed by atoms with Crippen LogP contribution in [-0.4, -0.2) is 19.9 Å². The van der Waals surface area contributed by atoms with Crippen molar-refractivity contribution in [3.8, 4) is 0 Å². The molecule has 0 amide bonds. The molecule has 20 heavy (non-hydrogen) atoms. The minimum absolute atomic E-state index is 0.100. The zero-order valence-electron chi connectivity index (χ0n) is 10.3. The first kappa shape index (κ1) is 12.4. The lowest BCUT2D eigenvalue weighted by molar-refractivity contribution is -0.0147. The van der Waals surface area contributed by atoms with Crippen molar-refractivity contribution in [3.63, 3.8) is 0 Å². The number of anilines is 1. The Bertz CT molecular complexity index is 745. The van der Waals surface area contributed by atoms with Crippen LogP contribution in [-0.2, 0) is 10.0 Å². The molecule has 4 aliphatic rings. The minimum Gasteiger partial charge on any atom is -0.324 e. The number of fused-ring (bicyclic) bond motifs is 1. The van der Waals surface area contributed by atoms with Crippen molar-refractivity contribution in [2.75, 3.05) is 5.32 Å². The second-order valence-corrected chi connectivity index (χ2v) is 7.71. The molecule has 106 valence electrons. The fourth-order valence-corrected chi connectivity index (χ4v) is 4.32. The Kier molecular flexibility index (Phi) is 2.26. The number of hydrogen-bond acceptors (Lipinski definition) is 3. The van der Waals surface area contributed by atoms with Gasteiger partial charge in [-0.2, -0.15) is 0 Å². The number of hydrogen-bond donors (Lipinski definition) is 2. The lowest BCUT2D eigenvalue weighted by Crippen LogP contribution is -2.58. The Morgan fingerprint density at radius 2 is 2.05 bits per heavy atom. The molecular weight excluding hydrogens is 305 g/mol. The average molecular weight is 316 g/mol. The van der Waals surface area contributed by atoms with Gasteiger partial charge in [0.15, 0.2) is 0 Å². The molecule has 1 aliphatic heterocycles. The molecule has 1 heterocycles.